The van der Waals surface area contributed by atoms with Crippen LogP contribution < -0.4 is 16.4 Å². The second-order valence-electron chi connectivity index (χ2n) is 11.6. The van der Waals surface area contributed by atoms with Gasteiger partial charge in [0, 0.05) is 43.3 Å². The molecule has 7 nitrogen and oxygen atoms in total. The van der Waals surface area contributed by atoms with Crippen molar-refractivity contribution in [2.45, 2.75) is 107 Å². The van der Waals surface area contributed by atoms with Gasteiger partial charge in [-0.25, -0.2) is 4.79 Å². The zero-order valence-corrected chi connectivity index (χ0v) is 18.7. The van der Waals surface area contributed by atoms with Crippen molar-refractivity contribution >= 4 is 6.03 Å². The maximum atomic E-state index is 12.3. The van der Waals surface area contributed by atoms with Crippen LogP contribution in [0.1, 0.15) is 83.5 Å². The fourth-order valence-electron chi connectivity index (χ4n) is 7.85. The molecule has 4 bridgehead atoms. The van der Waals surface area contributed by atoms with Crippen molar-refractivity contribution < 1.29 is 19.3 Å². The molecule has 0 aromatic heterocycles. The summed E-state index contributed by atoms with van der Waals surface area (Å²) >= 11 is 0. The summed E-state index contributed by atoms with van der Waals surface area (Å²) in [5, 5.41) is 6.22. The number of carbonyl (C=O) groups excluding carboxylic acids is 1. The smallest absolute Gasteiger partial charge is 0.315 e. The average Bonchev–Trinajstić information content (AvgIpc) is 3.13. The Morgan fingerprint density at radius 1 is 0.871 bits per heavy atom. The largest absolute Gasteiger partial charge is 0.338 e. The van der Waals surface area contributed by atoms with Crippen LogP contribution in [0, 0.1) is 29.6 Å². The van der Waals surface area contributed by atoms with E-state index < -0.39 is 11.6 Å². The molecule has 7 heteroatoms. The monoisotopic (exact) mass is 433 g/mol. The first kappa shape index (κ1) is 20.7. The Labute approximate surface area is 185 Å². The number of hydrogen-bond acceptors (Lipinski definition) is 5. The summed E-state index contributed by atoms with van der Waals surface area (Å²) in [7, 11) is 0. The highest BCUT2D eigenvalue weighted by atomic mass is 17.3. The van der Waals surface area contributed by atoms with Gasteiger partial charge in [0.1, 0.15) is 0 Å². The molecule has 1 aliphatic heterocycles. The van der Waals surface area contributed by atoms with Crippen molar-refractivity contribution in [1.82, 2.24) is 10.6 Å². The van der Waals surface area contributed by atoms with Crippen molar-refractivity contribution in [2.75, 3.05) is 6.54 Å². The van der Waals surface area contributed by atoms with E-state index in [9.17, 15) is 4.79 Å². The average molecular weight is 434 g/mol. The third-order valence-electron chi connectivity index (χ3n) is 9.47. The number of urea groups is 1. The summed E-state index contributed by atoms with van der Waals surface area (Å²) in [6, 6.07) is 0.534. The van der Waals surface area contributed by atoms with E-state index in [1.165, 1.54) is 32.1 Å². The van der Waals surface area contributed by atoms with E-state index in [1.807, 2.05) is 0 Å². The van der Waals surface area contributed by atoms with Gasteiger partial charge in [0.25, 0.3) is 0 Å². The Kier molecular flexibility index (Phi) is 5.25. The normalized spacial score (nSPS) is 50.8. The van der Waals surface area contributed by atoms with Gasteiger partial charge >= 0.3 is 6.03 Å². The first-order valence-electron chi connectivity index (χ1n) is 12.9. The van der Waals surface area contributed by atoms with Crippen LogP contribution in [0.4, 0.5) is 4.79 Å². The van der Waals surface area contributed by atoms with Crippen LogP contribution in [0.25, 0.3) is 0 Å². The van der Waals surface area contributed by atoms with Crippen LogP contribution in [-0.4, -0.2) is 36.2 Å². The molecule has 2 spiro atoms. The predicted molar refractivity (Wildman–Crippen MR) is 114 cm³/mol. The summed E-state index contributed by atoms with van der Waals surface area (Å²) in [4.78, 5) is 24.4. The standard InChI is InChI=1S/C24H39N3O4/c25-20-1-3-21(4-2-20)27-22(28)26-14-15-5-7-23(8-6-15)29-24(31-30-23)18-10-16-9-17(12-18)13-19(24)11-16/h15-21H,1-14,25H2,(H2,26,27,28). The first-order chi connectivity index (χ1) is 15.0. The van der Waals surface area contributed by atoms with Gasteiger partial charge in [0.2, 0.25) is 11.6 Å². The van der Waals surface area contributed by atoms with E-state index in [1.54, 1.807) is 0 Å². The molecule has 0 radical (unpaired) electrons. The highest BCUT2D eigenvalue weighted by Gasteiger charge is 2.66. The molecule has 4 N–H and O–H groups in total. The zero-order valence-electron chi connectivity index (χ0n) is 18.7. The number of carbonyl (C=O) groups is 1. The summed E-state index contributed by atoms with van der Waals surface area (Å²) in [5.74, 6) is 2.24. The second-order valence-corrected chi connectivity index (χ2v) is 11.6. The van der Waals surface area contributed by atoms with Crippen LogP contribution >= 0.6 is 0 Å². The van der Waals surface area contributed by atoms with Crippen LogP contribution in [-0.2, 0) is 14.5 Å². The molecule has 6 saturated carbocycles. The molecule has 0 unspecified atom stereocenters. The van der Waals surface area contributed by atoms with E-state index in [4.69, 9.17) is 20.2 Å². The summed E-state index contributed by atoms with van der Waals surface area (Å²) in [5.41, 5.74) is 5.96. The number of rotatable bonds is 3. The molecule has 174 valence electrons. The van der Waals surface area contributed by atoms with Gasteiger partial charge in [-0.15, -0.1) is 0 Å². The minimum Gasteiger partial charge on any atom is -0.338 e. The number of amides is 2. The van der Waals surface area contributed by atoms with Crippen molar-refractivity contribution in [3.8, 4) is 0 Å². The molecule has 2 amide bonds. The fraction of sp³-hybridized carbons (Fsp3) is 0.958. The Bertz CT molecular complexity index is 656. The molecule has 1 saturated heterocycles. The summed E-state index contributed by atoms with van der Waals surface area (Å²) < 4.78 is 6.78. The van der Waals surface area contributed by atoms with Gasteiger partial charge in [-0.3, -0.25) is 0 Å². The molecule has 7 aliphatic rings. The van der Waals surface area contributed by atoms with Crippen LogP contribution in [0.3, 0.4) is 0 Å². The molecule has 7 fully saturated rings. The van der Waals surface area contributed by atoms with E-state index in [2.05, 4.69) is 10.6 Å². The van der Waals surface area contributed by atoms with E-state index in [-0.39, 0.29) is 12.1 Å². The van der Waals surface area contributed by atoms with Crippen molar-refractivity contribution in [1.29, 1.82) is 0 Å². The molecular formula is C24H39N3O4. The molecule has 0 aromatic rings. The SMILES string of the molecule is NC1CCC(NC(=O)NCC2CCC3(CC2)OOC2(O3)C3CC4CC(C3)CC2C4)CC1. The number of hydrogen-bond donors (Lipinski definition) is 3. The Hall–Kier alpha value is -0.890. The maximum Gasteiger partial charge on any atom is 0.315 e. The van der Waals surface area contributed by atoms with Gasteiger partial charge in [-0.1, -0.05) is 0 Å². The highest BCUT2D eigenvalue weighted by molar-refractivity contribution is 5.74. The van der Waals surface area contributed by atoms with E-state index in [0.717, 1.165) is 69.7 Å². The lowest BCUT2D eigenvalue weighted by Gasteiger charge is -2.57. The molecule has 0 atom stereocenters. The second kappa shape index (κ2) is 7.86. The quantitative estimate of drug-likeness (QED) is 0.592. The first-order valence-corrected chi connectivity index (χ1v) is 12.9. The number of nitrogens with two attached hydrogens (primary N) is 1. The van der Waals surface area contributed by atoms with Crippen LogP contribution in [0.15, 0.2) is 0 Å². The van der Waals surface area contributed by atoms with Gasteiger partial charge < -0.3 is 21.1 Å². The zero-order chi connectivity index (χ0) is 21.1. The Morgan fingerprint density at radius 2 is 1.52 bits per heavy atom. The molecule has 0 aromatic carbocycles. The molecule has 31 heavy (non-hydrogen) atoms. The topological polar surface area (TPSA) is 94.8 Å². The van der Waals surface area contributed by atoms with E-state index >= 15 is 0 Å². The van der Waals surface area contributed by atoms with Crippen molar-refractivity contribution in [3.63, 3.8) is 0 Å². The van der Waals surface area contributed by atoms with Gasteiger partial charge in [0.15, 0.2) is 0 Å². The molecule has 6 aliphatic carbocycles. The predicted octanol–water partition coefficient (Wildman–Crippen LogP) is 3.57. The third kappa shape index (κ3) is 3.79. The minimum atomic E-state index is -0.561. The van der Waals surface area contributed by atoms with Crippen LogP contribution in [0.5, 0.6) is 0 Å². The highest BCUT2D eigenvalue weighted by Crippen LogP contribution is 2.63. The lowest BCUT2D eigenvalue weighted by Crippen LogP contribution is -2.59. The minimum absolute atomic E-state index is 0.0370. The van der Waals surface area contributed by atoms with E-state index in [0.29, 0.717) is 23.8 Å². The molecule has 7 rings (SSSR count). The van der Waals surface area contributed by atoms with Crippen LogP contribution in [0.2, 0.25) is 0 Å². The van der Waals surface area contributed by atoms with Crippen molar-refractivity contribution in [2.24, 2.45) is 35.3 Å². The number of nitrogens with one attached hydrogen (secondary N) is 2. The fourth-order valence-corrected chi connectivity index (χ4v) is 7.85. The maximum absolute atomic E-state index is 12.3. The Balaban J connectivity index is 0.978. The Morgan fingerprint density at radius 3 is 2.16 bits per heavy atom. The summed E-state index contributed by atoms with van der Waals surface area (Å²) in [6.45, 7) is 0.717. The molecule has 1 heterocycles. The molecular weight excluding hydrogens is 394 g/mol. The van der Waals surface area contributed by atoms with Gasteiger partial charge in [0.05, 0.1) is 0 Å². The lowest BCUT2D eigenvalue weighted by molar-refractivity contribution is -0.390. The summed E-state index contributed by atoms with van der Waals surface area (Å²) in [6.07, 6.45) is 14.1. The van der Waals surface area contributed by atoms with Crippen molar-refractivity contribution in [3.05, 3.63) is 0 Å². The van der Waals surface area contributed by atoms with Gasteiger partial charge in [-0.2, -0.15) is 9.78 Å². The van der Waals surface area contributed by atoms with Gasteiger partial charge in [-0.05, 0) is 88.4 Å². The third-order valence-corrected chi connectivity index (χ3v) is 9.47. The lowest BCUT2D eigenvalue weighted by atomic mass is 9.53. The number of ether oxygens (including phenoxy) is 1.